The van der Waals surface area contributed by atoms with Crippen molar-refractivity contribution in [3.63, 3.8) is 0 Å². The van der Waals surface area contributed by atoms with Crippen LogP contribution in [0.15, 0.2) is 78.2 Å². The molecule has 0 saturated carbocycles. The number of nitrogens with zero attached hydrogens (tertiary/aromatic N) is 2. The Balaban J connectivity index is 1.32. The van der Waals surface area contributed by atoms with Crippen LogP contribution in [-0.4, -0.2) is 66.3 Å². The van der Waals surface area contributed by atoms with E-state index >= 15 is 0 Å². The normalized spacial score (nSPS) is 15.8. The first-order valence-corrected chi connectivity index (χ1v) is 16.0. The number of amides is 2. The molecule has 3 aromatic carbocycles. The molecule has 1 saturated heterocycles. The summed E-state index contributed by atoms with van der Waals surface area (Å²) in [5.74, 6) is 0.607. The van der Waals surface area contributed by atoms with Crippen molar-refractivity contribution in [1.82, 2.24) is 20.5 Å². The SMILES string of the molecule is COc1cccc(CNC[C@H](O)[C@H](Cc2ccccc2)NC(=O)c2cc(OC)cc(C(=O)N3CCC[C@@H]3c3nc(C)cs3)c2)c1. The van der Waals surface area contributed by atoms with Gasteiger partial charge in [0.1, 0.15) is 16.5 Å². The Bertz CT molecular complexity index is 1590. The largest absolute Gasteiger partial charge is 0.497 e. The van der Waals surface area contributed by atoms with Gasteiger partial charge in [0.05, 0.1) is 32.4 Å². The van der Waals surface area contributed by atoms with Crippen molar-refractivity contribution in [3.05, 3.63) is 111 Å². The molecule has 3 N–H and O–H groups in total. The Labute approximate surface area is 268 Å². The number of aliphatic hydroxyl groups is 1. The van der Waals surface area contributed by atoms with Crippen LogP contribution >= 0.6 is 11.3 Å². The summed E-state index contributed by atoms with van der Waals surface area (Å²) in [5, 5.41) is 20.5. The third-order valence-electron chi connectivity index (χ3n) is 7.98. The number of rotatable bonds is 13. The molecule has 236 valence electrons. The number of carbonyl (C=O) groups is 2. The van der Waals surface area contributed by atoms with Gasteiger partial charge in [-0.25, -0.2) is 4.98 Å². The molecule has 0 radical (unpaired) electrons. The van der Waals surface area contributed by atoms with Crippen molar-refractivity contribution >= 4 is 23.2 Å². The molecule has 3 atom stereocenters. The molecule has 0 unspecified atom stereocenters. The number of nitrogens with one attached hydrogen (secondary N) is 2. The number of ether oxygens (including phenoxy) is 2. The molecule has 1 aliphatic rings. The van der Waals surface area contributed by atoms with E-state index < -0.39 is 18.1 Å². The molecule has 1 fully saturated rings. The zero-order chi connectivity index (χ0) is 31.8. The van der Waals surface area contributed by atoms with E-state index in [9.17, 15) is 14.7 Å². The van der Waals surface area contributed by atoms with Crippen LogP contribution in [0.1, 0.15) is 61.4 Å². The second kappa shape index (κ2) is 15.2. The minimum atomic E-state index is -0.890. The highest BCUT2D eigenvalue weighted by molar-refractivity contribution is 7.09. The van der Waals surface area contributed by atoms with Crippen molar-refractivity contribution in [2.24, 2.45) is 0 Å². The molecule has 1 aromatic heterocycles. The molecule has 0 spiro atoms. The number of aryl methyl sites for hydroxylation is 1. The van der Waals surface area contributed by atoms with Gasteiger partial charge in [0.15, 0.2) is 0 Å². The summed E-state index contributed by atoms with van der Waals surface area (Å²) in [6.45, 7) is 3.35. The second-order valence-corrected chi connectivity index (χ2v) is 12.1. The third-order valence-corrected chi connectivity index (χ3v) is 9.05. The lowest BCUT2D eigenvalue weighted by molar-refractivity contribution is 0.0735. The van der Waals surface area contributed by atoms with E-state index in [4.69, 9.17) is 9.47 Å². The van der Waals surface area contributed by atoms with Crippen LogP contribution < -0.4 is 20.1 Å². The van der Waals surface area contributed by atoms with E-state index in [1.807, 2.05) is 71.8 Å². The number of benzene rings is 3. The number of carbonyl (C=O) groups excluding carboxylic acids is 2. The highest BCUT2D eigenvalue weighted by Crippen LogP contribution is 2.35. The van der Waals surface area contributed by atoms with E-state index in [0.29, 0.717) is 30.8 Å². The Morgan fingerprint density at radius 3 is 2.49 bits per heavy atom. The molecule has 10 heteroatoms. The summed E-state index contributed by atoms with van der Waals surface area (Å²) in [7, 11) is 3.14. The summed E-state index contributed by atoms with van der Waals surface area (Å²) in [6, 6.07) is 21.6. The summed E-state index contributed by atoms with van der Waals surface area (Å²) in [4.78, 5) is 34.0. The van der Waals surface area contributed by atoms with E-state index in [1.165, 1.54) is 7.11 Å². The average Bonchev–Trinajstić information content (AvgIpc) is 3.73. The summed E-state index contributed by atoms with van der Waals surface area (Å²) >= 11 is 1.57. The van der Waals surface area contributed by atoms with Gasteiger partial charge in [-0.15, -0.1) is 11.3 Å². The van der Waals surface area contributed by atoms with E-state index in [2.05, 4.69) is 15.6 Å². The molecule has 45 heavy (non-hydrogen) atoms. The second-order valence-electron chi connectivity index (χ2n) is 11.3. The topological polar surface area (TPSA) is 113 Å². The molecule has 0 aliphatic carbocycles. The monoisotopic (exact) mass is 628 g/mol. The van der Waals surface area contributed by atoms with E-state index in [1.54, 1.807) is 36.6 Å². The van der Waals surface area contributed by atoms with Gasteiger partial charge >= 0.3 is 0 Å². The first-order valence-electron chi connectivity index (χ1n) is 15.1. The van der Waals surface area contributed by atoms with Gasteiger partial charge in [-0.2, -0.15) is 0 Å². The number of thiazole rings is 1. The van der Waals surface area contributed by atoms with Crippen LogP contribution in [0.4, 0.5) is 0 Å². The minimum Gasteiger partial charge on any atom is -0.497 e. The van der Waals surface area contributed by atoms with Crippen molar-refractivity contribution in [1.29, 1.82) is 0 Å². The van der Waals surface area contributed by atoms with Crippen molar-refractivity contribution in [2.75, 3.05) is 27.3 Å². The molecule has 0 bridgehead atoms. The zero-order valence-electron chi connectivity index (χ0n) is 25.9. The first kappa shape index (κ1) is 32.2. The summed E-state index contributed by atoms with van der Waals surface area (Å²) in [5.41, 5.74) is 3.60. The van der Waals surface area contributed by atoms with Gasteiger partial charge in [0.25, 0.3) is 11.8 Å². The number of aromatic nitrogens is 1. The zero-order valence-corrected chi connectivity index (χ0v) is 26.7. The fraction of sp³-hybridized carbons (Fsp3) is 0.343. The Morgan fingerprint density at radius 1 is 1.00 bits per heavy atom. The van der Waals surface area contributed by atoms with Gasteiger partial charge in [-0.3, -0.25) is 9.59 Å². The fourth-order valence-corrected chi connectivity index (χ4v) is 6.56. The molecule has 2 heterocycles. The Morgan fingerprint density at radius 2 is 1.76 bits per heavy atom. The minimum absolute atomic E-state index is 0.0884. The van der Waals surface area contributed by atoms with Gasteiger partial charge in [0.2, 0.25) is 0 Å². The predicted octanol–water partition coefficient (Wildman–Crippen LogP) is 4.94. The first-order chi connectivity index (χ1) is 21.8. The van der Waals surface area contributed by atoms with E-state index in [0.717, 1.165) is 40.4 Å². The molecular weight excluding hydrogens is 588 g/mol. The molecule has 9 nitrogen and oxygen atoms in total. The summed E-state index contributed by atoms with van der Waals surface area (Å²) in [6.07, 6.45) is 1.27. The predicted molar refractivity (Wildman–Crippen MR) is 175 cm³/mol. The van der Waals surface area contributed by atoms with Crippen LogP contribution in [0.2, 0.25) is 0 Å². The number of likely N-dealkylation sites (tertiary alicyclic amines) is 1. The van der Waals surface area contributed by atoms with E-state index in [-0.39, 0.29) is 24.1 Å². The van der Waals surface area contributed by atoms with Crippen LogP contribution in [0.25, 0.3) is 0 Å². The maximum atomic E-state index is 13.8. The van der Waals surface area contributed by atoms with Crippen LogP contribution in [0, 0.1) is 6.92 Å². The quantitative estimate of drug-likeness (QED) is 0.192. The van der Waals surface area contributed by atoms with Gasteiger partial charge in [0, 0.05) is 41.8 Å². The van der Waals surface area contributed by atoms with Crippen molar-refractivity contribution in [2.45, 2.75) is 50.9 Å². The van der Waals surface area contributed by atoms with Crippen LogP contribution in [0.5, 0.6) is 11.5 Å². The Kier molecular flexibility index (Phi) is 10.8. The lowest BCUT2D eigenvalue weighted by atomic mass is 10.00. The molecular formula is C35H40N4O5S. The van der Waals surface area contributed by atoms with Crippen molar-refractivity contribution < 1.29 is 24.2 Å². The number of hydrogen-bond donors (Lipinski definition) is 3. The smallest absolute Gasteiger partial charge is 0.254 e. The average molecular weight is 629 g/mol. The van der Waals surface area contributed by atoms with Gasteiger partial charge < -0.3 is 30.1 Å². The molecule has 4 aromatic rings. The molecule has 5 rings (SSSR count). The van der Waals surface area contributed by atoms with Gasteiger partial charge in [-0.1, -0.05) is 42.5 Å². The number of aliphatic hydroxyl groups excluding tert-OH is 1. The number of methoxy groups -OCH3 is 2. The van der Waals surface area contributed by atoms with Crippen LogP contribution in [-0.2, 0) is 13.0 Å². The molecule has 2 amide bonds. The third kappa shape index (κ3) is 8.27. The van der Waals surface area contributed by atoms with Crippen molar-refractivity contribution in [3.8, 4) is 11.5 Å². The van der Waals surface area contributed by atoms with Gasteiger partial charge in [-0.05, 0) is 67.6 Å². The fourth-order valence-electron chi connectivity index (χ4n) is 5.62. The van der Waals surface area contributed by atoms with Crippen LogP contribution in [0.3, 0.4) is 0 Å². The highest BCUT2D eigenvalue weighted by Gasteiger charge is 2.33. The number of hydrogen-bond acceptors (Lipinski definition) is 8. The lowest BCUT2D eigenvalue weighted by Gasteiger charge is -2.26. The lowest BCUT2D eigenvalue weighted by Crippen LogP contribution is -2.48. The standard InChI is InChI=1S/C35H40N4O5S/c1-23-22-45-34(37-23)31-13-8-14-39(31)35(42)27-17-26(18-29(19-27)44-3)33(41)38-30(16-24-9-5-4-6-10-24)32(40)21-36-20-25-11-7-12-28(15-25)43-2/h4-7,9-12,15,17-19,22,30-32,36,40H,8,13-14,16,20-21H2,1-3H3,(H,38,41)/t30-,31+,32-/m0/s1. The maximum Gasteiger partial charge on any atom is 0.254 e. The maximum absolute atomic E-state index is 13.8. The molecule has 1 aliphatic heterocycles. The highest BCUT2D eigenvalue weighted by atomic mass is 32.1. The Hall–Kier alpha value is -4.25. The summed E-state index contributed by atoms with van der Waals surface area (Å²) < 4.78 is 10.8.